The predicted molar refractivity (Wildman–Crippen MR) is 104 cm³/mol. The molecule has 140 valence electrons. The zero-order valence-corrected chi connectivity index (χ0v) is 15.7. The summed E-state index contributed by atoms with van der Waals surface area (Å²) < 4.78 is 5.45. The van der Waals surface area contributed by atoms with E-state index >= 15 is 0 Å². The molecule has 1 aromatic carbocycles. The molecule has 0 saturated carbocycles. The number of aromatic nitrogens is 3. The lowest BCUT2D eigenvalue weighted by Gasteiger charge is -2.30. The van der Waals surface area contributed by atoms with Crippen LogP contribution in [-0.4, -0.2) is 38.1 Å². The van der Waals surface area contributed by atoms with Gasteiger partial charge in [0.2, 0.25) is 5.95 Å². The van der Waals surface area contributed by atoms with Crippen molar-refractivity contribution in [1.82, 2.24) is 19.9 Å². The van der Waals surface area contributed by atoms with Crippen LogP contribution in [0.1, 0.15) is 32.0 Å². The van der Waals surface area contributed by atoms with Gasteiger partial charge in [0.05, 0.1) is 12.2 Å². The second kappa shape index (κ2) is 6.57. The Hall–Kier alpha value is -3.09. The predicted octanol–water partition coefficient (Wildman–Crippen LogP) is 3.99. The van der Waals surface area contributed by atoms with Crippen LogP contribution in [0.2, 0.25) is 0 Å². The molecule has 7 nitrogen and oxygen atoms in total. The molecule has 0 unspecified atom stereocenters. The summed E-state index contributed by atoms with van der Waals surface area (Å²) in [5.74, 6) is 0.561. The molecule has 0 fully saturated rings. The number of rotatable bonds is 2. The highest BCUT2D eigenvalue weighted by Gasteiger charge is 2.26. The molecular weight excluding hydrogens is 342 g/mol. The summed E-state index contributed by atoms with van der Waals surface area (Å²) in [7, 11) is 0. The molecule has 1 amide bonds. The van der Waals surface area contributed by atoms with E-state index in [0.29, 0.717) is 25.5 Å². The zero-order valence-electron chi connectivity index (χ0n) is 15.7. The number of anilines is 2. The maximum atomic E-state index is 12.3. The summed E-state index contributed by atoms with van der Waals surface area (Å²) in [5, 5.41) is 4.41. The molecule has 7 heteroatoms. The molecule has 1 aliphatic heterocycles. The van der Waals surface area contributed by atoms with Gasteiger partial charge in [-0.1, -0.05) is 6.07 Å². The second-order valence-electron chi connectivity index (χ2n) is 7.72. The first-order chi connectivity index (χ1) is 12.9. The van der Waals surface area contributed by atoms with Crippen molar-refractivity contribution in [2.45, 2.75) is 39.3 Å². The van der Waals surface area contributed by atoms with Gasteiger partial charge in [-0.3, -0.25) is 0 Å². The number of H-pyrrole nitrogens is 1. The van der Waals surface area contributed by atoms with Crippen molar-refractivity contribution in [1.29, 1.82) is 0 Å². The van der Waals surface area contributed by atoms with Gasteiger partial charge in [-0.05, 0) is 44.4 Å². The van der Waals surface area contributed by atoms with E-state index in [1.54, 1.807) is 11.1 Å². The number of fused-ring (bicyclic) bond motifs is 2. The van der Waals surface area contributed by atoms with Gasteiger partial charge in [-0.25, -0.2) is 14.8 Å². The van der Waals surface area contributed by atoms with E-state index in [2.05, 4.69) is 20.3 Å². The number of amides is 1. The summed E-state index contributed by atoms with van der Waals surface area (Å²) in [6.45, 7) is 6.67. The van der Waals surface area contributed by atoms with Gasteiger partial charge in [-0.15, -0.1) is 0 Å². The van der Waals surface area contributed by atoms with Crippen molar-refractivity contribution in [3.8, 4) is 0 Å². The topological polar surface area (TPSA) is 83.1 Å². The number of hydrogen-bond acceptors (Lipinski definition) is 5. The molecule has 0 saturated heterocycles. The van der Waals surface area contributed by atoms with Gasteiger partial charge in [-0.2, -0.15) is 0 Å². The van der Waals surface area contributed by atoms with Gasteiger partial charge >= 0.3 is 6.09 Å². The fourth-order valence-electron chi connectivity index (χ4n) is 3.11. The van der Waals surface area contributed by atoms with E-state index in [-0.39, 0.29) is 6.09 Å². The number of benzene rings is 1. The van der Waals surface area contributed by atoms with Crippen LogP contribution in [0.15, 0.2) is 36.7 Å². The Morgan fingerprint density at radius 1 is 1.30 bits per heavy atom. The van der Waals surface area contributed by atoms with Crippen molar-refractivity contribution < 1.29 is 9.53 Å². The van der Waals surface area contributed by atoms with Gasteiger partial charge < -0.3 is 19.9 Å². The van der Waals surface area contributed by atoms with Crippen LogP contribution in [0.25, 0.3) is 10.9 Å². The van der Waals surface area contributed by atoms with Crippen molar-refractivity contribution in [3.63, 3.8) is 0 Å². The molecular formula is C20H23N5O2. The number of hydrogen-bond donors (Lipinski definition) is 2. The maximum absolute atomic E-state index is 12.3. The number of aromatic amines is 1. The third-order valence-corrected chi connectivity index (χ3v) is 4.40. The van der Waals surface area contributed by atoms with Crippen molar-refractivity contribution in [3.05, 3.63) is 47.9 Å². The van der Waals surface area contributed by atoms with E-state index < -0.39 is 5.60 Å². The van der Waals surface area contributed by atoms with Crippen LogP contribution >= 0.6 is 0 Å². The molecule has 0 spiro atoms. The number of carbonyl (C=O) groups is 1. The SMILES string of the molecule is CC(C)(C)OC(=O)N1CCc2nc(Nc3ccc4cc[nH]c4c3)ncc2C1. The normalized spacial score (nSPS) is 14.1. The van der Waals surface area contributed by atoms with Gasteiger partial charge in [0.15, 0.2) is 0 Å². The average Bonchev–Trinajstić information content (AvgIpc) is 3.07. The number of carbonyl (C=O) groups excluding carboxylic acids is 1. The third-order valence-electron chi connectivity index (χ3n) is 4.40. The Balaban J connectivity index is 1.47. The molecule has 4 rings (SSSR count). The molecule has 0 atom stereocenters. The highest BCUT2D eigenvalue weighted by Crippen LogP contribution is 2.23. The molecule has 0 aliphatic carbocycles. The van der Waals surface area contributed by atoms with Crippen LogP contribution in [0.5, 0.6) is 0 Å². The van der Waals surface area contributed by atoms with Crippen LogP contribution in [0.4, 0.5) is 16.4 Å². The Morgan fingerprint density at radius 3 is 2.96 bits per heavy atom. The lowest BCUT2D eigenvalue weighted by atomic mass is 10.1. The summed E-state index contributed by atoms with van der Waals surface area (Å²) in [4.78, 5) is 26.2. The van der Waals surface area contributed by atoms with E-state index in [0.717, 1.165) is 27.8 Å². The number of nitrogens with one attached hydrogen (secondary N) is 2. The monoisotopic (exact) mass is 365 g/mol. The Bertz CT molecular complexity index is 989. The van der Waals surface area contributed by atoms with Crippen molar-refractivity contribution in [2.75, 3.05) is 11.9 Å². The van der Waals surface area contributed by atoms with Crippen LogP contribution in [-0.2, 0) is 17.7 Å². The highest BCUT2D eigenvalue weighted by molar-refractivity contribution is 5.83. The first kappa shape index (κ1) is 17.3. The van der Waals surface area contributed by atoms with E-state index in [1.165, 1.54) is 0 Å². The minimum atomic E-state index is -0.498. The smallest absolute Gasteiger partial charge is 0.410 e. The highest BCUT2D eigenvalue weighted by atomic mass is 16.6. The van der Waals surface area contributed by atoms with Gasteiger partial charge in [0.1, 0.15) is 5.60 Å². The van der Waals surface area contributed by atoms with Crippen LogP contribution < -0.4 is 5.32 Å². The molecule has 3 heterocycles. The molecule has 2 aromatic heterocycles. The molecule has 0 bridgehead atoms. The summed E-state index contributed by atoms with van der Waals surface area (Å²) >= 11 is 0. The minimum absolute atomic E-state index is 0.297. The zero-order chi connectivity index (χ0) is 19.0. The van der Waals surface area contributed by atoms with Crippen LogP contribution in [0, 0.1) is 0 Å². The van der Waals surface area contributed by atoms with Crippen molar-refractivity contribution in [2.24, 2.45) is 0 Å². The number of ether oxygens (including phenoxy) is 1. The fraction of sp³-hybridized carbons (Fsp3) is 0.350. The Labute approximate surface area is 157 Å². The maximum Gasteiger partial charge on any atom is 0.410 e. The van der Waals surface area contributed by atoms with E-state index in [4.69, 9.17) is 4.74 Å². The minimum Gasteiger partial charge on any atom is -0.444 e. The molecule has 27 heavy (non-hydrogen) atoms. The summed E-state index contributed by atoms with van der Waals surface area (Å²) in [6.07, 6.45) is 4.09. The standard InChI is InChI=1S/C20H23N5O2/c1-20(2,3)27-19(26)25-9-7-16-14(12-25)11-22-18(24-16)23-15-5-4-13-6-8-21-17(13)10-15/h4-6,8,10-11,21H,7,9,12H2,1-3H3,(H,22,23,24). The lowest BCUT2D eigenvalue weighted by Crippen LogP contribution is -2.40. The van der Waals surface area contributed by atoms with Crippen LogP contribution in [0.3, 0.4) is 0 Å². The second-order valence-corrected chi connectivity index (χ2v) is 7.72. The third kappa shape index (κ3) is 3.86. The summed E-state index contributed by atoms with van der Waals surface area (Å²) in [6, 6.07) is 8.11. The number of nitrogens with zero attached hydrogens (tertiary/aromatic N) is 3. The summed E-state index contributed by atoms with van der Waals surface area (Å²) in [5.41, 5.74) is 3.41. The largest absolute Gasteiger partial charge is 0.444 e. The van der Waals surface area contributed by atoms with E-state index in [9.17, 15) is 4.79 Å². The molecule has 2 N–H and O–H groups in total. The Kier molecular flexibility index (Phi) is 4.22. The molecule has 1 aliphatic rings. The molecule has 0 radical (unpaired) electrons. The first-order valence-corrected chi connectivity index (χ1v) is 9.04. The average molecular weight is 365 g/mol. The van der Waals surface area contributed by atoms with E-state index in [1.807, 2.05) is 51.2 Å². The molecule has 3 aromatic rings. The quantitative estimate of drug-likeness (QED) is 0.717. The van der Waals surface area contributed by atoms with Crippen molar-refractivity contribution >= 4 is 28.6 Å². The van der Waals surface area contributed by atoms with Gasteiger partial charge in [0.25, 0.3) is 0 Å². The fourth-order valence-corrected chi connectivity index (χ4v) is 3.11. The Morgan fingerprint density at radius 2 is 2.15 bits per heavy atom. The lowest BCUT2D eigenvalue weighted by molar-refractivity contribution is 0.0222. The van der Waals surface area contributed by atoms with Gasteiger partial charge in [0, 0.05) is 42.1 Å². The first-order valence-electron chi connectivity index (χ1n) is 9.04.